The minimum Gasteiger partial charge on any atom is -0.480 e. The van der Waals surface area contributed by atoms with Crippen LogP contribution in [0.4, 0.5) is 0 Å². The first-order chi connectivity index (χ1) is 12.0. The molecule has 0 heterocycles. The minimum absolute atomic E-state index is 0.274. The quantitative estimate of drug-likeness (QED) is 0.821. The van der Waals surface area contributed by atoms with Gasteiger partial charge in [-0.25, -0.2) is 0 Å². The van der Waals surface area contributed by atoms with Crippen LogP contribution >= 0.6 is 0 Å². The third-order valence-electron chi connectivity index (χ3n) is 4.68. The monoisotopic (exact) mass is 334 g/mol. The van der Waals surface area contributed by atoms with E-state index in [0.29, 0.717) is 18.4 Å². The third-order valence-corrected chi connectivity index (χ3v) is 4.68. The van der Waals surface area contributed by atoms with E-state index in [1.54, 1.807) is 6.07 Å². The van der Waals surface area contributed by atoms with Gasteiger partial charge in [0.05, 0.1) is 17.7 Å². The number of hydrogen-bond donors (Lipinski definition) is 2. The fourth-order valence-corrected chi connectivity index (χ4v) is 2.81. The van der Waals surface area contributed by atoms with Gasteiger partial charge in [0.2, 0.25) is 5.91 Å². The van der Waals surface area contributed by atoms with Gasteiger partial charge in [-0.3, -0.25) is 9.59 Å². The van der Waals surface area contributed by atoms with E-state index < -0.39 is 17.3 Å². The highest BCUT2D eigenvalue weighted by molar-refractivity contribution is 6.04. The summed E-state index contributed by atoms with van der Waals surface area (Å²) >= 11 is 0. The van der Waals surface area contributed by atoms with Gasteiger partial charge >= 0.3 is 5.97 Å². The standard InChI is InChI=1S/C20H18N2O3/c1-13(22-18(23)20(9-10-20)19(24)25)15-5-7-16(8-6-15)17-4-2-3-14(11-17)12-21/h2-8,11,13H,9-10H2,1H3,(H,22,23)(H,24,25). The maximum Gasteiger partial charge on any atom is 0.319 e. The summed E-state index contributed by atoms with van der Waals surface area (Å²) in [5.74, 6) is -1.47. The lowest BCUT2D eigenvalue weighted by Gasteiger charge is -2.18. The lowest BCUT2D eigenvalue weighted by molar-refractivity contribution is -0.149. The second kappa shape index (κ2) is 6.40. The molecule has 2 N–H and O–H groups in total. The molecule has 5 heteroatoms. The zero-order valence-corrected chi connectivity index (χ0v) is 13.8. The largest absolute Gasteiger partial charge is 0.480 e. The molecule has 1 saturated carbocycles. The van der Waals surface area contributed by atoms with E-state index in [2.05, 4.69) is 11.4 Å². The van der Waals surface area contributed by atoms with Crippen molar-refractivity contribution in [1.29, 1.82) is 5.26 Å². The molecular formula is C20H18N2O3. The molecule has 2 aromatic carbocycles. The average Bonchev–Trinajstić information content (AvgIpc) is 3.44. The number of hydrogen-bond acceptors (Lipinski definition) is 3. The van der Waals surface area contributed by atoms with Crippen LogP contribution in [-0.2, 0) is 9.59 Å². The number of amides is 1. The molecule has 0 saturated heterocycles. The highest BCUT2D eigenvalue weighted by Crippen LogP contribution is 2.46. The Morgan fingerprint density at radius 1 is 1.16 bits per heavy atom. The molecule has 0 aromatic heterocycles. The zero-order chi connectivity index (χ0) is 18.0. The average molecular weight is 334 g/mol. The van der Waals surface area contributed by atoms with Crippen molar-refractivity contribution in [2.75, 3.05) is 0 Å². The first kappa shape index (κ1) is 16.7. The zero-order valence-electron chi connectivity index (χ0n) is 13.8. The molecule has 0 aliphatic heterocycles. The van der Waals surface area contributed by atoms with E-state index in [0.717, 1.165) is 16.7 Å². The van der Waals surface area contributed by atoms with Crippen LogP contribution in [0.25, 0.3) is 11.1 Å². The van der Waals surface area contributed by atoms with Crippen LogP contribution in [0.2, 0.25) is 0 Å². The molecule has 1 aliphatic rings. The predicted molar refractivity (Wildman–Crippen MR) is 92.5 cm³/mol. The molecule has 1 amide bonds. The summed E-state index contributed by atoms with van der Waals surface area (Å²) < 4.78 is 0. The lowest BCUT2D eigenvalue weighted by atomic mass is 9.99. The molecule has 0 spiro atoms. The molecule has 3 rings (SSSR count). The number of carbonyl (C=O) groups is 2. The van der Waals surface area contributed by atoms with Crippen molar-refractivity contribution < 1.29 is 14.7 Å². The molecule has 1 aliphatic carbocycles. The van der Waals surface area contributed by atoms with Crippen LogP contribution in [0.1, 0.15) is 36.9 Å². The number of benzene rings is 2. The fourth-order valence-electron chi connectivity index (χ4n) is 2.81. The summed E-state index contributed by atoms with van der Waals surface area (Å²) in [6, 6.07) is 16.9. The molecule has 1 atom stereocenters. The Bertz CT molecular complexity index is 861. The van der Waals surface area contributed by atoms with E-state index in [9.17, 15) is 14.7 Å². The maximum atomic E-state index is 12.2. The van der Waals surface area contributed by atoms with Crippen molar-refractivity contribution in [3.05, 3.63) is 59.7 Å². The summed E-state index contributed by atoms with van der Waals surface area (Å²) in [5, 5.41) is 21.0. The molecule has 2 aromatic rings. The third kappa shape index (κ3) is 3.24. The van der Waals surface area contributed by atoms with Crippen LogP contribution in [0.5, 0.6) is 0 Å². The fraction of sp³-hybridized carbons (Fsp3) is 0.250. The van der Waals surface area contributed by atoms with Crippen LogP contribution in [0.3, 0.4) is 0 Å². The highest BCUT2D eigenvalue weighted by Gasteiger charge is 2.57. The Balaban J connectivity index is 1.73. The van der Waals surface area contributed by atoms with Gasteiger partial charge in [-0.05, 0) is 48.6 Å². The van der Waals surface area contributed by atoms with Gasteiger partial charge in [0, 0.05) is 0 Å². The maximum absolute atomic E-state index is 12.2. The number of rotatable bonds is 5. The van der Waals surface area contributed by atoms with Crippen molar-refractivity contribution in [3.8, 4) is 17.2 Å². The van der Waals surface area contributed by atoms with E-state index in [4.69, 9.17) is 5.26 Å². The summed E-state index contributed by atoms with van der Waals surface area (Å²) in [7, 11) is 0. The summed E-state index contributed by atoms with van der Waals surface area (Å²) in [6.45, 7) is 1.83. The highest BCUT2D eigenvalue weighted by atomic mass is 16.4. The van der Waals surface area contributed by atoms with E-state index in [-0.39, 0.29) is 6.04 Å². The first-order valence-electron chi connectivity index (χ1n) is 8.11. The van der Waals surface area contributed by atoms with Crippen molar-refractivity contribution in [1.82, 2.24) is 5.32 Å². The predicted octanol–water partition coefficient (Wildman–Crippen LogP) is 3.27. The van der Waals surface area contributed by atoms with Crippen LogP contribution in [-0.4, -0.2) is 17.0 Å². The minimum atomic E-state index is -1.23. The number of nitrogens with one attached hydrogen (secondary N) is 1. The Morgan fingerprint density at radius 3 is 2.40 bits per heavy atom. The molecular weight excluding hydrogens is 316 g/mol. The Labute approximate surface area is 145 Å². The van der Waals surface area contributed by atoms with Gasteiger partial charge in [-0.1, -0.05) is 36.4 Å². The normalized spacial score (nSPS) is 15.7. The Morgan fingerprint density at radius 2 is 1.84 bits per heavy atom. The summed E-state index contributed by atoms with van der Waals surface area (Å²) in [4.78, 5) is 23.4. The molecule has 126 valence electrons. The molecule has 0 bridgehead atoms. The van der Waals surface area contributed by atoms with Crippen molar-refractivity contribution in [3.63, 3.8) is 0 Å². The number of nitriles is 1. The summed E-state index contributed by atoms with van der Waals surface area (Å²) in [5.41, 5.74) is 2.19. The van der Waals surface area contributed by atoms with E-state index in [1.807, 2.05) is 49.4 Å². The Hall–Kier alpha value is -3.13. The topological polar surface area (TPSA) is 90.2 Å². The van der Waals surface area contributed by atoms with Crippen LogP contribution < -0.4 is 5.32 Å². The van der Waals surface area contributed by atoms with Gasteiger partial charge in [0.15, 0.2) is 0 Å². The first-order valence-corrected chi connectivity index (χ1v) is 8.11. The molecule has 0 radical (unpaired) electrons. The van der Waals surface area contributed by atoms with Crippen molar-refractivity contribution >= 4 is 11.9 Å². The van der Waals surface area contributed by atoms with E-state index in [1.165, 1.54) is 0 Å². The number of carboxylic acids is 1. The summed E-state index contributed by atoms with van der Waals surface area (Å²) in [6.07, 6.45) is 0.796. The smallest absolute Gasteiger partial charge is 0.319 e. The van der Waals surface area contributed by atoms with Crippen molar-refractivity contribution in [2.45, 2.75) is 25.8 Å². The molecule has 1 fully saturated rings. The second-order valence-corrected chi connectivity index (χ2v) is 6.40. The number of carbonyl (C=O) groups excluding carboxylic acids is 1. The second-order valence-electron chi connectivity index (χ2n) is 6.40. The number of carboxylic acid groups (broad SMARTS) is 1. The lowest BCUT2D eigenvalue weighted by Crippen LogP contribution is -2.38. The SMILES string of the molecule is CC(NC(=O)C1(C(=O)O)CC1)c1ccc(-c2cccc(C#N)c2)cc1. The molecule has 1 unspecified atom stereocenters. The van der Waals surface area contributed by atoms with Crippen LogP contribution in [0.15, 0.2) is 48.5 Å². The van der Waals surface area contributed by atoms with Gasteiger partial charge in [0.1, 0.15) is 5.41 Å². The van der Waals surface area contributed by atoms with E-state index >= 15 is 0 Å². The van der Waals surface area contributed by atoms with Gasteiger partial charge in [0.25, 0.3) is 0 Å². The van der Waals surface area contributed by atoms with Crippen molar-refractivity contribution in [2.24, 2.45) is 5.41 Å². The number of aliphatic carboxylic acids is 1. The Kier molecular flexibility index (Phi) is 4.28. The molecule has 25 heavy (non-hydrogen) atoms. The van der Waals surface area contributed by atoms with Gasteiger partial charge in [-0.15, -0.1) is 0 Å². The number of nitrogens with zero attached hydrogens (tertiary/aromatic N) is 1. The van der Waals surface area contributed by atoms with Gasteiger partial charge < -0.3 is 10.4 Å². The molecule has 5 nitrogen and oxygen atoms in total. The van der Waals surface area contributed by atoms with Gasteiger partial charge in [-0.2, -0.15) is 5.26 Å². The van der Waals surface area contributed by atoms with Crippen LogP contribution in [0, 0.1) is 16.7 Å².